The summed E-state index contributed by atoms with van der Waals surface area (Å²) in [5.74, 6) is 0.117. The van der Waals surface area contributed by atoms with Crippen LogP contribution in [0.15, 0.2) is 28.8 Å². The second kappa shape index (κ2) is 6.17. The Morgan fingerprint density at radius 1 is 1.32 bits per heavy atom. The van der Waals surface area contributed by atoms with Crippen LogP contribution < -0.4 is 5.32 Å². The Kier molecular flexibility index (Phi) is 4.09. The number of nitrogens with zero attached hydrogens (tertiary/aromatic N) is 2. The van der Waals surface area contributed by atoms with Gasteiger partial charge < -0.3 is 14.7 Å². The Morgan fingerprint density at radius 2 is 2.05 bits per heavy atom. The molecule has 0 bridgehead atoms. The van der Waals surface area contributed by atoms with Gasteiger partial charge in [-0.15, -0.1) is 0 Å². The topological polar surface area (TPSA) is 75.4 Å². The Balaban J connectivity index is 1.62. The van der Waals surface area contributed by atoms with E-state index in [4.69, 9.17) is 4.52 Å². The molecule has 2 amide bonds. The monoisotopic (exact) mass is 301 g/mol. The molecule has 2 aromatic rings. The molecule has 1 saturated heterocycles. The van der Waals surface area contributed by atoms with Gasteiger partial charge >= 0.3 is 0 Å². The van der Waals surface area contributed by atoms with E-state index in [1.54, 1.807) is 7.05 Å². The average Bonchev–Trinajstić information content (AvgIpc) is 2.97. The third-order valence-electron chi connectivity index (χ3n) is 4.24. The van der Waals surface area contributed by atoms with Gasteiger partial charge in [-0.3, -0.25) is 9.59 Å². The molecule has 0 aliphatic carbocycles. The molecule has 22 heavy (non-hydrogen) atoms. The molecular weight excluding hydrogens is 282 g/mol. The number of fused-ring (bicyclic) bond motifs is 1. The van der Waals surface area contributed by atoms with Crippen LogP contribution in [0.4, 0.5) is 0 Å². The van der Waals surface area contributed by atoms with E-state index in [1.807, 2.05) is 29.2 Å². The summed E-state index contributed by atoms with van der Waals surface area (Å²) in [7, 11) is 1.65. The molecule has 6 heteroatoms. The highest BCUT2D eigenvalue weighted by Gasteiger charge is 2.27. The molecule has 1 N–H and O–H groups in total. The van der Waals surface area contributed by atoms with Crippen molar-refractivity contribution in [2.45, 2.75) is 19.3 Å². The summed E-state index contributed by atoms with van der Waals surface area (Å²) in [6.07, 6.45) is 1.66. The largest absolute Gasteiger partial charge is 0.359 e. The molecular formula is C16H19N3O3. The van der Waals surface area contributed by atoms with Gasteiger partial charge in [0.2, 0.25) is 11.8 Å². The summed E-state index contributed by atoms with van der Waals surface area (Å²) >= 11 is 0. The Labute approximate surface area is 128 Å². The lowest BCUT2D eigenvalue weighted by Gasteiger charge is -2.31. The zero-order valence-corrected chi connectivity index (χ0v) is 12.5. The number of benzene rings is 1. The first-order chi connectivity index (χ1) is 10.7. The highest BCUT2D eigenvalue weighted by atomic mass is 16.5. The Morgan fingerprint density at radius 3 is 2.77 bits per heavy atom. The molecule has 116 valence electrons. The van der Waals surface area contributed by atoms with Crippen LogP contribution in [0.1, 0.15) is 18.5 Å². The first-order valence-corrected chi connectivity index (χ1v) is 7.51. The van der Waals surface area contributed by atoms with Crippen LogP contribution in [0.2, 0.25) is 0 Å². The van der Waals surface area contributed by atoms with E-state index in [-0.39, 0.29) is 24.2 Å². The second-order valence-electron chi connectivity index (χ2n) is 5.57. The summed E-state index contributed by atoms with van der Waals surface area (Å²) in [5, 5.41) is 7.56. The predicted molar refractivity (Wildman–Crippen MR) is 81.1 cm³/mol. The molecule has 3 rings (SSSR count). The number of para-hydroxylation sites is 1. The van der Waals surface area contributed by atoms with Gasteiger partial charge in [-0.2, -0.15) is 0 Å². The summed E-state index contributed by atoms with van der Waals surface area (Å²) < 4.78 is 5.23. The first-order valence-electron chi connectivity index (χ1n) is 7.51. The van der Waals surface area contributed by atoms with Gasteiger partial charge in [0.25, 0.3) is 0 Å². The predicted octanol–water partition coefficient (Wildman–Crippen LogP) is 1.35. The SMILES string of the molecule is CNC(=O)C1CCN(C(=O)Cc2noc3ccccc23)CC1. The number of nitrogens with one attached hydrogen (secondary N) is 1. The normalized spacial score (nSPS) is 16.0. The maximum absolute atomic E-state index is 12.4. The third-order valence-corrected chi connectivity index (χ3v) is 4.24. The first kappa shape index (κ1) is 14.6. The van der Waals surface area contributed by atoms with Crippen LogP contribution in [-0.4, -0.2) is 42.0 Å². The fourth-order valence-corrected chi connectivity index (χ4v) is 2.92. The van der Waals surface area contributed by atoms with Gasteiger partial charge in [-0.1, -0.05) is 17.3 Å². The highest BCUT2D eigenvalue weighted by molar-refractivity contribution is 5.86. The van der Waals surface area contributed by atoms with Crippen molar-refractivity contribution in [1.82, 2.24) is 15.4 Å². The van der Waals surface area contributed by atoms with Gasteiger partial charge in [0, 0.05) is 31.4 Å². The molecule has 0 spiro atoms. The van der Waals surface area contributed by atoms with E-state index >= 15 is 0 Å². The molecule has 1 aromatic carbocycles. The van der Waals surface area contributed by atoms with Crippen LogP contribution in [-0.2, 0) is 16.0 Å². The van der Waals surface area contributed by atoms with E-state index in [0.717, 1.165) is 5.39 Å². The van der Waals surface area contributed by atoms with Gasteiger partial charge in [0.1, 0.15) is 5.69 Å². The molecule has 1 aliphatic rings. The van der Waals surface area contributed by atoms with Crippen LogP contribution in [0.3, 0.4) is 0 Å². The number of piperidine rings is 1. The van der Waals surface area contributed by atoms with E-state index in [1.165, 1.54) is 0 Å². The fourth-order valence-electron chi connectivity index (χ4n) is 2.92. The summed E-state index contributed by atoms with van der Waals surface area (Å²) in [4.78, 5) is 25.8. The van der Waals surface area contributed by atoms with E-state index in [9.17, 15) is 9.59 Å². The zero-order valence-electron chi connectivity index (χ0n) is 12.5. The third kappa shape index (κ3) is 2.81. The van der Waals surface area contributed by atoms with E-state index < -0.39 is 0 Å². The number of hydrogen-bond donors (Lipinski definition) is 1. The number of carbonyl (C=O) groups is 2. The summed E-state index contributed by atoms with van der Waals surface area (Å²) in [5.41, 5.74) is 1.37. The van der Waals surface area contributed by atoms with E-state index in [0.29, 0.717) is 37.2 Å². The number of aromatic nitrogens is 1. The number of likely N-dealkylation sites (tertiary alicyclic amines) is 1. The number of hydrogen-bond acceptors (Lipinski definition) is 4. The minimum atomic E-state index is 0.0157. The maximum atomic E-state index is 12.4. The average molecular weight is 301 g/mol. The van der Waals surface area contributed by atoms with Crippen molar-refractivity contribution in [3.63, 3.8) is 0 Å². The molecule has 0 atom stereocenters. The van der Waals surface area contributed by atoms with Crippen molar-refractivity contribution >= 4 is 22.8 Å². The van der Waals surface area contributed by atoms with Crippen LogP contribution in [0.25, 0.3) is 11.0 Å². The maximum Gasteiger partial charge on any atom is 0.228 e. The number of rotatable bonds is 3. The van der Waals surface area contributed by atoms with Crippen molar-refractivity contribution in [2.75, 3.05) is 20.1 Å². The quantitative estimate of drug-likeness (QED) is 0.928. The van der Waals surface area contributed by atoms with Crippen molar-refractivity contribution in [2.24, 2.45) is 5.92 Å². The number of amides is 2. The standard InChI is InChI=1S/C16H19N3O3/c1-17-16(21)11-6-8-19(9-7-11)15(20)10-13-12-4-2-3-5-14(12)22-18-13/h2-5,11H,6-10H2,1H3,(H,17,21). The van der Waals surface area contributed by atoms with Crippen LogP contribution in [0, 0.1) is 5.92 Å². The fraction of sp³-hybridized carbons (Fsp3) is 0.438. The molecule has 0 unspecified atom stereocenters. The van der Waals surface area contributed by atoms with Gasteiger partial charge in [0.15, 0.2) is 5.58 Å². The highest BCUT2D eigenvalue weighted by Crippen LogP contribution is 2.21. The molecule has 0 saturated carbocycles. The van der Waals surface area contributed by atoms with Crippen molar-refractivity contribution < 1.29 is 14.1 Å². The second-order valence-corrected chi connectivity index (χ2v) is 5.57. The lowest BCUT2D eigenvalue weighted by atomic mass is 9.95. The number of carbonyl (C=O) groups excluding carboxylic acids is 2. The van der Waals surface area contributed by atoms with E-state index in [2.05, 4.69) is 10.5 Å². The van der Waals surface area contributed by atoms with Crippen molar-refractivity contribution in [3.05, 3.63) is 30.0 Å². The molecule has 0 radical (unpaired) electrons. The minimum absolute atomic E-state index is 0.0157. The molecule has 1 fully saturated rings. The molecule has 6 nitrogen and oxygen atoms in total. The van der Waals surface area contributed by atoms with Gasteiger partial charge in [-0.25, -0.2) is 0 Å². The molecule has 1 aromatic heterocycles. The van der Waals surface area contributed by atoms with Gasteiger partial charge in [-0.05, 0) is 25.0 Å². The minimum Gasteiger partial charge on any atom is -0.359 e. The molecule has 2 heterocycles. The Bertz CT molecular complexity index is 687. The lowest BCUT2D eigenvalue weighted by molar-refractivity contribution is -0.135. The molecule has 1 aliphatic heterocycles. The lowest BCUT2D eigenvalue weighted by Crippen LogP contribution is -2.43. The van der Waals surface area contributed by atoms with Gasteiger partial charge in [0.05, 0.1) is 6.42 Å². The summed E-state index contributed by atoms with van der Waals surface area (Å²) in [6, 6.07) is 7.53. The van der Waals surface area contributed by atoms with Crippen LogP contribution in [0.5, 0.6) is 0 Å². The Hall–Kier alpha value is -2.37. The summed E-state index contributed by atoms with van der Waals surface area (Å²) in [6.45, 7) is 1.24. The van der Waals surface area contributed by atoms with Crippen LogP contribution >= 0.6 is 0 Å². The zero-order chi connectivity index (χ0) is 15.5. The van der Waals surface area contributed by atoms with Crippen molar-refractivity contribution in [1.29, 1.82) is 0 Å². The van der Waals surface area contributed by atoms with Crippen molar-refractivity contribution in [3.8, 4) is 0 Å². The smallest absolute Gasteiger partial charge is 0.228 e.